The molecule has 0 aliphatic heterocycles. The van der Waals surface area contributed by atoms with Crippen molar-refractivity contribution in [3.05, 3.63) is 29.3 Å². The first-order valence-electron chi connectivity index (χ1n) is 12.6. The number of carbonyl (C=O) groups is 4. The molecule has 0 aromatic heterocycles. The zero-order valence-electron chi connectivity index (χ0n) is 23.2. The number of ether oxygens (including phenoxy) is 1. The Hall–Kier alpha value is -3.30. The summed E-state index contributed by atoms with van der Waals surface area (Å²) in [7, 11) is 0. The summed E-state index contributed by atoms with van der Waals surface area (Å²) in [4.78, 5) is 53.4. The standard InChI is InChI=1S/C27H42N4O6/c1-15-10-9-11-17(22(15)33)21(23(34)30-26(3,4)5)31(19-14-16(19)2)24(35)18(12-13-20(28)32)29-25(36)37-27(6,7)8/h9-11,16,18-19,21,33H,12-14H2,1-8H3,(H2,28,32)(H,29,36)(H,30,34). The van der Waals surface area contributed by atoms with E-state index in [1.165, 1.54) is 4.90 Å². The first kappa shape index (κ1) is 29.9. The molecule has 10 nitrogen and oxygen atoms in total. The van der Waals surface area contributed by atoms with Crippen LogP contribution in [-0.2, 0) is 19.1 Å². The van der Waals surface area contributed by atoms with Gasteiger partial charge in [0.25, 0.3) is 0 Å². The minimum atomic E-state index is -1.17. The Morgan fingerprint density at radius 2 is 1.76 bits per heavy atom. The Kier molecular flexibility index (Phi) is 9.22. The van der Waals surface area contributed by atoms with Crippen LogP contribution in [0.4, 0.5) is 4.79 Å². The van der Waals surface area contributed by atoms with Crippen molar-refractivity contribution in [2.45, 2.75) is 104 Å². The van der Waals surface area contributed by atoms with Crippen LogP contribution in [-0.4, -0.2) is 57.0 Å². The third-order valence-electron chi connectivity index (χ3n) is 5.94. The highest BCUT2D eigenvalue weighted by atomic mass is 16.6. The lowest BCUT2D eigenvalue weighted by atomic mass is 9.97. The minimum Gasteiger partial charge on any atom is -0.507 e. The Bertz CT molecular complexity index is 1030. The van der Waals surface area contributed by atoms with Gasteiger partial charge in [0.2, 0.25) is 17.7 Å². The summed E-state index contributed by atoms with van der Waals surface area (Å²) in [6, 6.07) is 2.39. The fourth-order valence-electron chi connectivity index (χ4n) is 4.10. The topological polar surface area (TPSA) is 151 Å². The SMILES string of the molecule is Cc1cccc(C(C(=O)NC(C)(C)C)N(C(=O)C(CCC(N)=O)NC(=O)OC(C)(C)C)C2CC2C)c1O. The molecule has 1 aromatic rings. The van der Waals surface area contributed by atoms with Gasteiger partial charge in [-0.2, -0.15) is 0 Å². The van der Waals surface area contributed by atoms with Gasteiger partial charge >= 0.3 is 6.09 Å². The predicted octanol–water partition coefficient (Wildman–Crippen LogP) is 3.05. The number of nitrogens with zero attached hydrogens (tertiary/aromatic N) is 1. The number of hydrogen-bond donors (Lipinski definition) is 4. The van der Waals surface area contributed by atoms with Crippen molar-refractivity contribution in [2.75, 3.05) is 0 Å². The highest BCUT2D eigenvalue weighted by Gasteiger charge is 2.49. The van der Waals surface area contributed by atoms with Crippen LogP contribution in [0.25, 0.3) is 0 Å². The smallest absolute Gasteiger partial charge is 0.408 e. The largest absolute Gasteiger partial charge is 0.507 e. The molecule has 206 valence electrons. The summed E-state index contributed by atoms with van der Waals surface area (Å²) in [6.07, 6.45) is -0.409. The number of benzene rings is 1. The van der Waals surface area contributed by atoms with Gasteiger partial charge in [-0.1, -0.05) is 25.1 Å². The fourth-order valence-corrected chi connectivity index (χ4v) is 4.10. The zero-order valence-corrected chi connectivity index (χ0v) is 23.2. The maximum absolute atomic E-state index is 14.1. The average molecular weight is 519 g/mol. The molecule has 0 heterocycles. The molecule has 0 radical (unpaired) electrons. The Balaban J connectivity index is 2.58. The van der Waals surface area contributed by atoms with Gasteiger partial charge < -0.3 is 31.1 Å². The Morgan fingerprint density at radius 3 is 2.24 bits per heavy atom. The van der Waals surface area contributed by atoms with E-state index in [1.54, 1.807) is 45.9 Å². The first-order valence-corrected chi connectivity index (χ1v) is 12.6. The van der Waals surface area contributed by atoms with E-state index in [9.17, 15) is 24.3 Å². The molecule has 0 saturated heterocycles. The molecule has 4 atom stereocenters. The number of hydrogen-bond acceptors (Lipinski definition) is 6. The lowest BCUT2D eigenvalue weighted by molar-refractivity contribution is -0.144. The van der Waals surface area contributed by atoms with Crippen LogP contribution in [0, 0.1) is 12.8 Å². The number of para-hydroxylation sites is 1. The van der Waals surface area contributed by atoms with Crippen molar-refractivity contribution in [1.82, 2.24) is 15.5 Å². The summed E-state index contributed by atoms with van der Waals surface area (Å²) in [5.74, 6) is -1.65. The van der Waals surface area contributed by atoms with Gasteiger partial charge in [0.15, 0.2) is 0 Å². The van der Waals surface area contributed by atoms with Gasteiger partial charge in [0.05, 0.1) is 0 Å². The summed E-state index contributed by atoms with van der Waals surface area (Å²) in [5, 5.41) is 16.4. The van der Waals surface area contributed by atoms with Crippen LogP contribution >= 0.6 is 0 Å². The summed E-state index contributed by atoms with van der Waals surface area (Å²) >= 11 is 0. The molecule has 0 bridgehead atoms. The number of nitrogens with one attached hydrogen (secondary N) is 2. The maximum Gasteiger partial charge on any atom is 0.408 e. The third kappa shape index (κ3) is 8.65. The molecule has 5 N–H and O–H groups in total. The number of amides is 4. The number of aryl methyl sites for hydroxylation is 1. The van der Waals surface area contributed by atoms with Gasteiger partial charge in [0.1, 0.15) is 23.4 Å². The molecular formula is C27H42N4O6. The minimum absolute atomic E-state index is 0.0710. The van der Waals surface area contributed by atoms with E-state index in [4.69, 9.17) is 10.5 Å². The van der Waals surface area contributed by atoms with E-state index in [0.717, 1.165) is 0 Å². The van der Waals surface area contributed by atoms with Crippen molar-refractivity contribution in [3.63, 3.8) is 0 Å². The van der Waals surface area contributed by atoms with E-state index < -0.39 is 47.0 Å². The summed E-state index contributed by atoms with van der Waals surface area (Å²) < 4.78 is 5.34. The van der Waals surface area contributed by atoms with Crippen molar-refractivity contribution >= 4 is 23.8 Å². The fraction of sp³-hybridized carbons (Fsp3) is 0.630. The quantitative estimate of drug-likeness (QED) is 0.394. The average Bonchev–Trinajstić information content (AvgIpc) is 3.44. The highest BCUT2D eigenvalue weighted by Crippen LogP contribution is 2.43. The molecule has 0 spiro atoms. The number of phenols is 1. The van der Waals surface area contributed by atoms with E-state index >= 15 is 0 Å². The van der Waals surface area contributed by atoms with Crippen LogP contribution in [0.3, 0.4) is 0 Å². The van der Waals surface area contributed by atoms with E-state index in [-0.39, 0.29) is 36.1 Å². The number of aromatic hydroxyl groups is 1. The van der Waals surface area contributed by atoms with Crippen LogP contribution in [0.1, 0.15) is 84.9 Å². The molecule has 2 rings (SSSR count). The second kappa shape index (κ2) is 11.4. The number of carbonyl (C=O) groups excluding carboxylic acids is 4. The number of nitrogens with two attached hydrogens (primary N) is 1. The summed E-state index contributed by atoms with van der Waals surface area (Å²) in [5.41, 5.74) is 4.75. The van der Waals surface area contributed by atoms with Crippen LogP contribution in [0.5, 0.6) is 5.75 Å². The van der Waals surface area contributed by atoms with Crippen molar-refractivity contribution in [3.8, 4) is 5.75 Å². The van der Waals surface area contributed by atoms with E-state index in [1.807, 2.05) is 27.7 Å². The van der Waals surface area contributed by atoms with Crippen molar-refractivity contribution in [2.24, 2.45) is 11.7 Å². The van der Waals surface area contributed by atoms with Gasteiger partial charge in [-0.15, -0.1) is 0 Å². The van der Waals surface area contributed by atoms with Crippen LogP contribution in [0.15, 0.2) is 18.2 Å². The molecule has 1 aliphatic rings. The number of alkyl carbamates (subject to hydrolysis) is 1. The molecule has 4 amide bonds. The van der Waals surface area contributed by atoms with Gasteiger partial charge in [-0.05, 0) is 72.8 Å². The second-order valence-corrected chi connectivity index (χ2v) is 11.9. The Morgan fingerprint density at radius 1 is 1.16 bits per heavy atom. The maximum atomic E-state index is 14.1. The monoisotopic (exact) mass is 518 g/mol. The first-order chi connectivity index (χ1) is 16.9. The molecule has 1 aromatic carbocycles. The number of phenolic OH excluding ortho intramolecular Hbond substituents is 1. The highest BCUT2D eigenvalue weighted by molar-refractivity contribution is 5.93. The number of primary amides is 1. The zero-order chi connectivity index (χ0) is 28.3. The molecular weight excluding hydrogens is 476 g/mol. The molecule has 1 aliphatic carbocycles. The molecule has 10 heteroatoms. The molecule has 1 saturated carbocycles. The lowest BCUT2D eigenvalue weighted by Gasteiger charge is -2.36. The third-order valence-corrected chi connectivity index (χ3v) is 5.94. The predicted molar refractivity (Wildman–Crippen MR) is 139 cm³/mol. The van der Waals surface area contributed by atoms with E-state index in [0.29, 0.717) is 12.0 Å². The molecule has 1 fully saturated rings. The molecule has 4 unspecified atom stereocenters. The van der Waals surface area contributed by atoms with Gasteiger partial charge in [-0.3, -0.25) is 14.4 Å². The van der Waals surface area contributed by atoms with Gasteiger partial charge in [0, 0.05) is 23.6 Å². The van der Waals surface area contributed by atoms with Crippen molar-refractivity contribution < 1.29 is 29.0 Å². The number of rotatable bonds is 9. The van der Waals surface area contributed by atoms with Crippen LogP contribution in [0.2, 0.25) is 0 Å². The Labute approximate surface area is 219 Å². The van der Waals surface area contributed by atoms with Crippen molar-refractivity contribution in [1.29, 1.82) is 0 Å². The van der Waals surface area contributed by atoms with E-state index in [2.05, 4.69) is 10.6 Å². The summed E-state index contributed by atoms with van der Waals surface area (Å²) in [6.45, 7) is 14.2. The van der Waals surface area contributed by atoms with Gasteiger partial charge in [-0.25, -0.2) is 4.79 Å². The normalized spacial score (nSPS) is 18.8. The lowest BCUT2D eigenvalue weighted by Crippen LogP contribution is -2.55. The van der Waals surface area contributed by atoms with Crippen LogP contribution < -0.4 is 16.4 Å². The second-order valence-electron chi connectivity index (χ2n) is 11.9. The molecule has 37 heavy (non-hydrogen) atoms.